The average molecular weight is 509 g/mol. The molecule has 4 aromatic heterocycles. The van der Waals surface area contributed by atoms with Crippen molar-refractivity contribution in [2.75, 3.05) is 18.5 Å². The summed E-state index contributed by atoms with van der Waals surface area (Å²) < 4.78 is 23.4. The van der Waals surface area contributed by atoms with Gasteiger partial charge in [0.1, 0.15) is 35.8 Å². The summed E-state index contributed by atoms with van der Waals surface area (Å²) >= 11 is 0. The Balaban J connectivity index is 1.42. The van der Waals surface area contributed by atoms with Crippen LogP contribution in [0.2, 0.25) is 0 Å². The Morgan fingerprint density at radius 3 is 2.78 bits per heavy atom. The summed E-state index contributed by atoms with van der Waals surface area (Å²) in [6, 6.07) is 2.12. The molecule has 0 atom stereocenters. The SMILES string of the molecule is CCNc1cc2c(cn1)c(-c1cnn(/C=C(\O)CO)c1)nn2C1CCC(Oc2nc(C)ncc2F)CC1. The first-order valence-electron chi connectivity index (χ1n) is 12.3. The summed E-state index contributed by atoms with van der Waals surface area (Å²) in [6.45, 7) is 3.99. The predicted octanol–water partition coefficient (Wildman–Crippen LogP) is 3.88. The number of nitrogens with one attached hydrogen (secondary N) is 1. The molecule has 0 aromatic carbocycles. The Bertz CT molecular complexity index is 1420. The number of aliphatic hydroxyl groups is 2. The van der Waals surface area contributed by atoms with Crippen molar-refractivity contribution >= 4 is 22.9 Å². The highest BCUT2D eigenvalue weighted by Crippen LogP contribution is 2.36. The molecule has 1 fully saturated rings. The van der Waals surface area contributed by atoms with Crippen LogP contribution in [0, 0.1) is 12.7 Å². The van der Waals surface area contributed by atoms with E-state index >= 15 is 0 Å². The first-order chi connectivity index (χ1) is 17.9. The third-order valence-electron chi connectivity index (χ3n) is 6.37. The molecule has 0 saturated heterocycles. The molecule has 37 heavy (non-hydrogen) atoms. The maximum atomic E-state index is 14.1. The molecule has 0 radical (unpaired) electrons. The predicted molar refractivity (Wildman–Crippen MR) is 136 cm³/mol. The van der Waals surface area contributed by atoms with Gasteiger partial charge < -0.3 is 20.3 Å². The first kappa shape index (κ1) is 24.6. The maximum Gasteiger partial charge on any atom is 0.254 e. The molecule has 12 heteroatoms. The molecule has 1 saturated carbocycles. The fraction of sp³-hybridized carbons (Fsp3) is 0.400. The van der Waals surface area contributed by atoms with E-state index in [1.807, 2.05) is 17.7 Å². The minimum Gasteiger partial charge on any atom is -0.508 e. The normalized spacial score (nSPS) is 18.3. The van der Waals surface area contributed by atoms with Crippen LogP contribution in [-0.4, -0.2) is 64.0 Å². The van der Waals surface area contributed by atoms with Gasteiger partial charge in [0.15, 0.2) is 0 Å². The lowest BCUT2D eigenvalue weighted by Gasteiger charge is -2.29. The highest BCUT2D eigenvalue weighted by atomic mass is 19.1. The van der Waals surface area contributed by atoms with Crippen molar-refractivity contribution in [3.05, 3.63) is 48.3 Å². The van der Waals surface area contributed by atoms with Crippen LogP contribution in [0.25, 0.3) is 28.4 Å². The molecule has 3 N–H and O–H groups in total. The molecule has 0 amide bonds. The lowest BCUT2D eigenvalue weighted by molar-refractivity contribution is 0.120. The van der Waals surface area contributed by atoms with E-state index in [0.29, 0.717) is 5.82 Å². The van der Waals surface area contributed by atoms with Crippen LogP contribution in [0.4, 0.5) is 10.2 Å². The largest absolute Gasteiger partial charge is 0.508 e. The van der Waals surface area contributed by atoms with Crippen molar-refractivity contribution < 1.29 is 19.3 Å². The van der Waals surface area contributed by atoms with E-state index in [9.17, 15) is 9.50 Å². The number of pyridine rings is 1. The minimum absolute atomic E-state index is 0.00225. The van der Waals surface area contributed by atoms with Crippen molar-refractivity contribution in [1.29, 1.82) is 0 Å². The number of halogens is 1. The van der Waals surface area contributed by atoms with Crippen molar-refractivity contribution in [3.8, 4) is 17.1 Å². The Morgan fingerprint density at radius 1 is 1.22 bits per heavy atom. The zero-order valence-corrected chi connectivity index (χ0v) is 20.7. The number of fused-ring (bicyclic) bond motifs is 1. The standard InChI is InChI=1S/C25H29FN8O3/c1-3-27-23-8-22-20(10-29-23)24(16-9-30-33(12-16)13-18(36)14-35)32-34(22)17-4-6-19(7-5-17)37-25-21(26)11-28-15(2)31-25/h8-13,17,19,35-36H,3-7,14H2,1-2H3,(H,27,29)/b18-13-. The third-order valence-corrected chi connectivity index (χ3v) is 6.37. The highest BCUT2D eigenvalue weighted by Gasteiger charge is 2.28. The molecule has 4 aromatic rings. The molecule has 1 aliphatic rings. The molecule has 0 unspecified atom stereocenters. The average Bonchev–Trinajstić information content (AvgIpc) is 3.51. The fourth-order valence-corrected chi connectivity index (χ4v) is 4.61. The van der Waals surface area contributed by atoms with Crippen LogP contribution in [0.3, 0.4) is 0 Å². The zero-order chi connectivity index (χ0) is 25.9. The number of hydrogen-bond donors (Lipinski definition) is 3. The van der Waals surface area contributed by atoms with Crippen LogP contribution in [0.5, 0.6) is 5.88 Å². The van der Waals surface area contributed by atoms with Gasteiger partial charge in [-0.3, -0.25) is 4.68 Å². The van der Waals surface area contributed by atoms with Gasteiger partial charge in [-0.2, -0.15) is 19.6 Å². The Kier molecular flexibility index (Phi) is 6.99. The third kappa shape index (κ3) is 5.24. The molecule has 194 valence electrons. The maximum absolute atomic E-state index is 14.1. The summed E-state index contributed by atoms with van der Waals surface area (Å²) in [4.78, 5) is 12.5. The molecule has 4 heterocycles. The first-order valence-corrected chi connectivity index (χ1v) is 12.3. The zero-order valence-electron chi connectivity index (χ0n) is 20.7. The molecule has 11 nitrogen and oxygen atoms in total. The second-order valence-electron chi connectivity index (χ2n) is 9.02. The smallest absolute Gasteiger partial charge is 0.254 e. The molecule has 5 rings (SSSR count). The second kappa shape index (κ2) is 10.5. The van der Waals surface area contributed by atoms with Gasteiger partial charge >= 0.3 is 0 Å². The Hall–Kier alpha value is -4.06. The minimum atomic E-state index is -0.554. The quantitative estimate of drug-likeness (QED) is 0.303. The lowest BCUT2D eigenvalue weighted by Crippen LogP contribution is -2.27. The van der Waals surface area contributed by atoms with Gasteiger partial charge in [0.05, 0.1) is 30.2 Å². The second-order valence-corrected chi connectivity index (χ2v) is 9.02. The van der Waals surface area contributed by atoms with Gasteiger partial charge in [0.2, 0.25) is 5.82 Å². The van der Waals surface area contributed by atoms with Gasteiger partial charge in [0.25, 0.3) is 5.88 Å². The number of anilines is 1. The topological polar surface area (TPSA) is 136 Å². The molecule has 0 aliphatic heterocycles. The molecule has 0 bridgehead atoms. The van der Waals surface area contributed by atoms with E-state index < -0.39 is 12.4 Å². The van der Waals surface area contributed by atoms with Crippen LogP contribution in [0.15, 0.2) is 36.6 Å². The number of rotatable bonds is 8. The van der Waals surface area contributed by atoms with Gasteiger partial charge in [-0.25, -0.2) is 14.6 Å². The van der Waals surface area contributed by atoms with Gasteiger partial charge in [-0.05, 0) is 39.5 Å². The van der Waals surface area contributed by atoms with Crippen LogP contribution in [0.1, 0.15) is 44.5 Å². The van der Waals surface area contributed by atoms with E-state index in [2.05, 4.69) is 25.4 Å². The number of hydrogen-bond acceptors (Lipinski definition) is 9. The fourth-order valence-electron chi connectivity index (χ4n) is 4.61. The van der Waals surface area contributed by atoms with Crippen molar-refractivity contribution in [1.82, 2.24) is 34.5 Å². The highest BCUT2D eigenvalue weighted by molar-refractivity contribution is 5.93. The van der Waals surface area contributed by atoms with E-state index in [1.54, 1.807) is 25.5 Å². The van der Waals surface area contributed by atoms with E-state index in [1.165, 1.54) is 10.9 Å². The van der Waals surface area contributed by atoms with Gasteiger partial charge in [-0.15, -0.1) is 0 Å². The van der Waals surface area contributed by atoms with Crippen LogP contribution in [-0.2, 0) is 0 Å². The van der Waals surface area contributed by atoms with Crippen molar-refractivity contribution in [2.45, 2.75) is 51.7 Å². The number of aryl methyl sites for hydroxylation is 1. The van der Waals surface area contributed by atoms with Gasteiger partial charge in [-0.1, -0.05) is 0 Å². The Labute approximate surface area is 212 Å². The molecular formula is C25H29FN8O3. The molecule has 1 aliphatic carbocycles. The number of aromatic nitrogens is 7. The van der Waals surface area contributed by atoms with Gasteiger partial charge in [0, 0.05) is 36.0 Å². The monoisotopic (exact) mass is 508 g/mol. The summed E-state index contributed by atoms with van der Waals surface area (Å²) in [5.74, 6) is 0.485. The van der Waals surface area contributed by atoms with Crippen LogP contribution < -0.4 is 10.1 Å². The number of nitrogens with zero attached hydrogens (tertiary/aromatic N) is 7. The number of aliphatic hydroxyl groups excluding tert-OH is 2. The summed E-state index contributed by atoms with van der Waals surface area (Å²) in [5, 5.41) is 32.1. The summed E-state index contributed by atoms with van der Waals surface area (Å²) in [7, 11) is 0. The summed E-state index contributed by atoms with van der Waals surface area (Å²) in [6.07, 6.45) is 10.6. The number of ether oxygens (including phenoxy) is 1. The lowest BCUT2D eigenvalue weighted by atomic mass is 9.93. The Morgan fingerprint density at radius 2 is 2.03 bits per heavy atom. The van der Waals surface area contributed by atoms with Crippen molar-refractivity contribution in [3.63, 3.8) is 0 Å². The van der Waals surface area contributed by atoms with E-state index in [4.69, 9.17) is 14.9 Å². The van der Waals surface area contributed by atoms with E-state index in [-0.39, 0.29) is 23.8 Å². The summed E-state index contributed by atoms with van der Waals surface area (Å²) in [5.41, 5.74) is 2.44. The molecular weight excluding hydrogens is 479 g/mol. The van der Waals surface area contributed by atoms with Crippen LogP contribution >= 0.6 is 0 Å². The van der Waals surface area contributed by atoms with Crippen molar-refractivity contribution in [2.24, 2.45) is 0 Å². The molecule has 0 spiro atoms. The van der Waals surface area contributed by atoms with E-state index in [0.717, 1.165) is 66.4 Å².